The van der Waals surface area contributed by atoms with Crippen molar-refractivity contribution in [3.05, 3.63) is 35.9 Å². The summed E-state index contributed by atoms with van der Waals surface area (Å²) in [6, 6.07) is 8.03. The van der Waals surface area contributed by atoms with Crippen LogP contribution < -0.4 is 5.32 Å². The zero-order valence-corrected chi connectivity index (χ0v) is 11.5. The zero-order valence-electron chi connectivity index (χ0n) is 11.5. The summed E-state index contributed by atoms with van der Waals surface area (Å²) in [6.07, 6.45) is -1.06. The van der Waals surface area contributed by atoms with Gasteiger partial charge < -0.3 is 15.3 Å². The molecule has 1 aromatic carbocycles. The first-order valence-corrected chi connectivity index (χ1v) is 6.27. The first-order valence-electron chi connectivity index (χ1n) is 6.27. The largest absolute Gasteiger partial charge is 0.480 e. The van der Waals surface area contributed by atoms with Crippen LogP contribution in [0.4, 0.5) is 0 Å². The molecular formula is C15H19NO4. The minimum Gasteiger partial charge on any atom is -0.480 e. The minimum absolute atomic E-state index is 0.0608. The van der Waals surface area contributed by atoms with Crippen LogP contribution >= 0.6 is 0 Å². The Bertz CT molecular complexity index is 500. The van der Waals surface area contributed by atoms with Crippen molar-refractivity contribution in [2.75, 3.05) is 6.54 Å². The van der Waals surface area contributed by atoms with Gasteiger partial charge in [0.2, 0.25) is 0 Å². The number of carboxylic acid groups (broad SMARTS) is 1. The van der Waals surface area contributed by atoms with Crippen molar-refractivity contribution in [2.45, 2.75) is 31.6 Å². The number of nitrogens with one attached hydrogen (secondary N) is 1. The molecule has 0 spiro atoms. The highest BCUT2D eigenvalue weighted by Gasteiger charge is 2.26. The smallest absolute Gasteiger partial charge is 0.323 e. The lowest BCUT2D eigenvalue weighted by Crippen LogP contribution is -2.50. The Morgan fingerprint density at radius 2 is 2.00 bits per heavy atom. The molecule has 5 heteroatoms. The summed E-state index contributed by atoms with van der Waals surface area (Å²) in [5.74, 6) is 4.32. The van der Waals surface area contributed by atoms with Crippen LogP contribution in [0, 0.1) is 11.8 Å². The topological polar surface area (TPSA) is 89.8 Å². The predicted octanol–water partition coefficient (Wildman–Crippen LogP) is 0.213. The Labute approximate surface area is 118 Å². The van der Waals surface area contributed by atoms with Crippen LogP contribution in [0.15, 0.2) is 30.3 Å². The molecule has 0 saturated carbocycles. The van der Waals surface area contributed by atoms with E-state index in [1.54, 1.807) is 0 Å². The quantitative estimate of drug-likeness (QED) is 0.578. The summed E-state index contributed by atoms with van der Waals surface area (Å²) in [6.45, 7) is 2.79. The summed E-state index contributed by atoms with van der Waals surface area (Å²) < 4.78 is 0. The van der Waals surface area contributed by atoms with Gasteiger partial charge in [0.25, 0.3) is 0 Å². The highest BCUT2D eigenvalue weighted by Crippen LogP contribution is 2.03. The van der Waals surface area contributed by atoms with Crippen LogP contribution in [0.5, 0.6) is 0 Å². The van der Waals surface area contributed by atoms with Gasteiger partial charge in [-0.15, -0.1) is 0 Å². The molecule has 3 unspecified atom stereocenters. The fourth-order valence-electron chi connectivity index (χ4n) is 1.55. The number of hydrogen-bond donors (Lipinski definition) is 4. The van der Waals surface area contributed by atoms with Crippen molar-refractivity contribution in [1.29, 1.82) is 0 Å². The zero-order chi connectivity index (χ0) is 15.2. The average molecular weight is 277 g/mol. The minimum atomic E-state index is -1.39. The van der Waals surface area contributed by atoms with E-state index in [1.165, 1.54) is 13.8 Å². The van der Waals surface area contributed by atoms with Crippen LogP contribution in [-0.2, 0) is 4.79 Å². The molecule has 0 amide bonds. The summed E-state index contributed by atoms with van der Waals surface area (Å²) in [7, 11) is 0. The molecule has 0 aliphatic rings. The predicted molar refractivity (Wildman–Crippen MR) is 75.1 cm³/mol. The number of benzene rings is 1. The van der Waals surface area contributed by atoms with Gasteiger partial charge in [0.1, 0.15) is 11.6 Å². The Balaban J connectivity index is 2.66. The van der Waals surface area contributed by atoms with Crippen molar-refractivity contribution in [3.8, 4) is 11.8 Å². The van der Waals surface area contributed by atoms with Crippen LogP contribution in [0.3, 0.4) is 0 Å². The van der Waals surface area contributed by atoms with Gasteiger partial charge in [0.15, 0.2) is 0 Å². The van der Waals surface area contributed by atoms with Crippen molar-refractivity contribution in [2.24, 2.45) is 0 Å². The Morgan fingerprint density at radius 1 is 1.40 bits per heavy atom. The monoisotopic (exact) mass is 277 g/mol. The fourth-order valence-corrected chi connectivity index (χ4v) is 1.55. The standard InChI is InChI=1S/C15H19NO4/c1-11(17)13(14(18)19)16-10-15(2,20)9-8-12-6-4-3-5-7-12/h3-7,11,13,16-17,20H,10H2,1-2H3,(H,18,19). The van der Waals surface area contributed by atoms with E-state index in [-0.39, 0.29) is 6.54 Å². The molecule has 3 atom stereocenters. The van der Waals surface area contributed by atoms with E-state index < -0.39 is 23.7 Å². The molecule has 0 fully saturated rings. The molecule has 0 radical (unpaired) electrons. The number of aliphatic carboxylic acids is 1. The van der Waals surface area contributed by atoms with Crippen LogP contribution in [0.25, 0.3) is 0 Å². The normalized spacial score (nSPS) is 16.4. The third-order valence-corrected chi connectivity index (χ3v) is 2.66. The molecule has 1 aromatic rings. The molecule has 0 heterocycles. The molecule has 0 saturated heterocycles. The molecular weight excluding hydrogens is 258 g/mol. The van der Waals surface area contributed by atoms with Gasteiger partial charge in [0, 0.05) is 12.1 Å². The SMILES string of the molecule is CC(O)C(NCC(C)(O)C#Cc1ccccc1)C(=O)O. The van der Waals surface area contributed by atoms with Gasteiger partial charge in [-0.3, -0.25) is 10.1 Å². The third kappa shape index (κ3) is 5.41. The number of aliphatic hydroxyl groups excluding tert-OH is 1. The number of aliphatic hydroxyl groups is 2. The maximum Gasteiger partial charge on any atom is 0.323 e. The summed E-state index contributed by atoms with van der Waals surface area (Å²) >= 11 is 0. The second-order valence-corrected chi connectivity index (χ2v) is 4.83. The van der Waals surface area contributed by atoms with E-state index in [2.05, 4.69) is 17.2 Å². The molecule has 0 bridgehead atoms. The number of hydrogen-bond acceptors (Lipinski definition) is 4. The Kier molecular flexibility index (Phi) is 5.71. The number of rotatable bonds is 5. The molecule has 0 aromatic heterocycles. The third-order valence-electron chi connectivity index (χ3n) is 2.66. The Hall–Kier alpha value is -1.87. The van der Waals surface area contributed by atoms with E-state index >= 15 is 0 Å². The van der Waals surface area contributed by atoms with E-state index in [1.807, 2.05) is 30.3 Å². The fraction of sp³-hybridized carbons (Fsp3) is 0.400. The van der Waals surface area contributed by atoms with E-state index in [4.69, 9.17) is 5.11 Å². The van der Waals surface area contributed by atoms with Gasteiger partial charge >= 0.3 is 5.97 Å². The first kappa shape index (κ1) is 16.2. The van der Waals surface area contributed by atoms with Crippen LogP contribution in [-0.4, -0.2) is 45.6 Å². The van der Waals surface area contributed by atoms with Crippen molar-refractivity contribution in [1.82, 2.24) is 5.32 Å². The maximum absolute atomic E-state index is 10.9. The van der Waals surface area contributed by atoms with Gasteiger partial charge in [0.05, 0.1) is 6.10 Å². The van der Waals surface area contributed by atoms with Crippen LogP contribution in [0.2, 0.25) is 0 Å². The first-order chi connectivity index (χ1) is 9.32. The van der Waals surface area contributed by atoms with Gasteiger partial charge in [-0.2, -0.15) is 0 Å². The summed E-state index contributed by atoms with van der Waals surface area (Å²) in [4.78, 5) is 10.9. The van der Waals surface area contributed by atoms with Crippen molar-refractivity contribution < 1.29 is 20.1 Å². The van der Waals surface area contributed by atoms with Crippen LogP contribution in [0.1, 0.15) is 19.4 Å². The van der Waals surface area contributed by atoms with Crippen molar-refractivity contribution >= 4 is 5.97 Å². The lowest BCUT2D eigenvalue weighted by Gasteiger charge is -2.22. The molecule has 0 aliphatic heterocycles. The summed E-state index contributed by atoms with van der Waals surface area (Å²) in [5.41, 5.74) is -0.628. The molecule has 5 nitrogen and oxygen atoms in total. The molecule has 0 aliphatic carbocycles. The molecule has 108 valence electrons. The maximum atomic E-state index is 10.9. The second kappa shape index (κ2) is 7.06. The Morgan fingerprint density at radius 3 is 2.50 bits per heavy atom. The van der Waals surface area contributed by atoms with Gasteiger partial charge in [-0.05, 0) is 26.0 Å². The molecule has 1 rings (SSSR count). The van der Waals surface area contributed by atoms with E-state index in [0.29, 0.717) is 0 Å². The highest BCUT2D eigenvalue weighted by molar-refractivity contribution is 5.74. The van der Waals surface area contributed by atoms with E-state index in [9.17, 15) is 15.0 Å². The lowest BCUT2D eigenvalue weighted by molar-refractivity contribution is -0.142. The number of carbonyl (C=O) groups is 1. The van der Waals surface area contributed by atoms with E-state index in [0.717, 1.165) is 5.56 Å². The van der Waals surface area contributed by atoms with Gasteiger partial charge in [-0.25, -0.2) is 0 Å². The number of carboxylic acids is 1. The average Bonchev–Trinajstić information content (AvgIpc) is 2.37. The highest BCUT2D eigenvalue weighted by atomic mass is 16.4. The van der Waals surface area contributed by atoms with Crippen molar-refractivity contribution in [3.63, 3.8) is 0 Å². The molecule has 4 N–H and O–H groups in total. The lowest BCUT2D eigenvalue weighted by atomic mass is 10.1. The van der Waals surface area contributed by atoms with Gasteiger partial charge in [-0.1, -0.05) is 30.0 Å². The molecule has 20 heavy (non-hydrogen) atoms. The second-order valence-electron chi connectivity index (χ2n) is 4.83. The summed E-state index contributed by atoms with van der Waals surface area (Å²) in [5, 5.41) is 30.9.